The lowest BCUT2D eigenvalue weighted by molar-refractivity contribution is 0.414. The third kappa shape index (κ3) is 3.44. The van der Waals surface area contributed by atoms with Crippen LogP contribution >= 0.6 is 11.6 Å². The van der Waals surface area contributed by atoms with E-state index in [-0.39, 0.29) is 0 Å². The molecule has 2 aromatic carbocycles. The van der Waals surface area contributed by atoms with E-state index in [4.69, 9.17) is 16.3 Å². The average molecular weight is 283 g/mol. The highest BCUT2D eigenvalue weighted by molar-refractivity contribution is 6.20. The van der Waals surface area contributed by atoms with Gasteiger partial charge in [-0.25, -0.2) is 8.78 Å². The van der Waals surface area contributed by atoms with Crippen LogP contribution in [-0.4, -0.2) is 7.11 Å². The van der Waals surface area contributed by atoms with E-state index in [1.54, 1.807) is 7.11 Å². The van der Waals surface area contributed by atoms with Gasteiger partial charge in [-0.15, -0.1) is 11.6 Å². The van der Waals surface area contributed by atoms with Gasteiger partial charge in [-0.2, -0.15) is 0 Å². The van der Waals surface area contributed by atoms with E-state index in [1.807, 2.05) is 24.3 Å². The van der Waals surface area contributed by atoms with Crippen molar-refractivity contribution in [1.82, 2.24) is 0 Å². The van der Waals surface area contributed by atoms with Crippen LogP contribution in [0.3, 0.4) is 0 Å². The van der Waals surface area contributed by atoms with Gasteiger partial charge in [0.15, 0.2) is 0 Å². The van der Waals surface area contributed by atoms with Crippen LogP contribution in [0.4, 0.5) is 8.78 Å². The summed E-state index contributed by atoms with van der Waals surface area (Å²) in [7, 11) is 1.59. The van der Waals surface area contributed by atoms with Crippen molar-refractivity contribution in [1.29, 1.82) is 0 Å². The van der Waals surface area contributed by atoms with Crippen molar-refractivity contribution in [3.05, 3.63) is 65.2 Å². The van der Waals surface area contributed by atoms with Crippen LogP contribution in [0, 0.1) is 11.6 Å². The van der Waals surface area contributed by atoms with Gasteiger partial charge in [0.25, 0.3) is 0 Å². The van der Waals surface area contributed by atoms with E-state index in [1.165, 1.54) is 12.1 Å². The topological polar surface area (TPSA) is 9.23 Å². The Kier molecular flexibility index (Phi) is 4.38. The lowest BCUT2D eigenvalue weighted by Crippen LogP contribution is -1.99. The van der Waals surface area contributed by atoms with Crippen LogP contribution < -0.4 is 4.74 Å². The van der Waals surface area contributed by atoms with Gasteiger partial charge in [-0.1, -0.05) is 18.2 Å². The first-order chi connectivity index (χ1) is 9.10. The van der Waals surface area contributed by atoms with Gasteiger partial charge in [0, 0.05) is 11.6 Å². The van der Waals surface area contributed by atoms with E-state index in [9.17, 15) is 8.78 Å². The van der Waals surface area contributed by atoms with Crippen molar-refractivity contribution in [3.8, 4) is 5.75 Å². The zero-order valence-corrected chi connectivity index (χ0v) is 11.1. The molecule has 0 N–H and O–H groups in total. The number of hydrogen-bond donors (Lipinski definition) is 0. The Morgan fingerprint density at radius 3 is 2.37 bits per heavy atom. The zero-order valence-electron chi connectivity index (χ0n) is 10.4. The summed E-state index contributed by atoms with van der Waals surface area (Å²) < 4.78 is 31.5. The van der Waals surface area contributed by atoms with Crippen molar-refractivity contribution >= 4 is 11.6 Å². The fraction of sp³-hybridized carbons (Fsp3) is 0.200. The maximum Gasteiger partial charge on any atom is 0.130 e. The van der Waals surface area contributed by atoms with Crippen LogP contribution in [-0.2, 0) is 6.42 Å². The molecule has 1 nitrogen and oxygen atoms in total. The molecular weight excluding hydrogens is 270 g/mol. The van der Waals surface area contributed by atoms with E-state index in [0.717, 1.165) is 17.4 Å². The highest BCUT2D eigenvalue weighted by Gasteiger charge is 2.14. The Hall–Kier alpha value is -1.61. The van der Waals surface area contributed by atoms with Crippen LogP contribution in [0.5, 0.6) is 5.75 Å². The summed E-state index contributed by atoms with van der Waals surface area (Å²) in [5.41, 5.74) is 1.27. The molecule has 0 aliphatic rings. The monoisotopic (exact) mass is 282 g/mol. The maximum atomic E-state index is 13.6. The third-order valence-corrected chi connectivity index (χ3v) is 3.26. The summed E-state index contributed by atoms with van der Waals surface area (Å²) in [4.78, 5) is 0. The SMILES string of the molecule is COc1ccc(CC(Cl)c2ccc(F)cc2F)cc1. The molecule has 0 spiro atoms. The number of benzene rings is 2. The molecule has 4 heteroatoms. The lowest BCUT2D eigenvalue weighted by Gasteiger charge is -2.11. The molecule has 0 aliphatic heterocycles. The summed E-state index contributed by atoms with van der Waals surface area (Å²) in [5.74, 6) is -0.467. The molecule has 0 saturated heterocycles. The molecule has 0 fully saturated rings. The van der Waals surface area contributed by atoms with Crippen molar-refractivity contribution in [2.45, 2.75) is 11.8 Å². The number of alkyl halides is 1. The number of ether oxygens (including phenoxy) is 1. The number of halogens is 3. The molecule has 19 heavy (non-hydrogen) atoms. The Morgan fingerprint density at radius 1 is 1.11 bits per heavy atom. The molecular formula is C15H13ClF2O. The molecule has 2 rings (SSSR count). The minimum absolute atomic E-state index is 0.305. The number of rotatable bonds is 4. The van der Waals surface area contributed by atoms with E-state index < -0.39 is 17.0 Å². The van der Waals surface area contributed by atoms with Gasteiger partial charge in [-0.3, -0.25) is 0 Å². The van der Waals surface area contributed by atoms with E-state index in [2.05, 4.69) is 0 Å². The Labute approximate surface area is 115 Å². The molecule has 0 radical (unpaired) electrons. The van der Waals surface area contributed by atoms with E-state index >= 15 is 0 Å². The lowest BCUT2D eigenvalue weighted by atomic mass is 10.0. The molecule has 0 saturated carbocycles. The molecule has 1 unspecified atom stereocenters. The second kappa shape index (κ2) is 6.02. The van der Waals surface area contributed by atoms with Gasteiger partial charge in [-0.05, 0) is 30.2 Å². The van der Waals surface area contributed by atoms with Gasteiger partial charge in [0.05, 0.1) is 12.5 Å². The molecule has 0 amide bonds. The summed E-state index contributed by atoms with van der Waals surface area (Å²) >= 11 is 6.18. The van der Waals surface area contributed by atoms with Crippen molar-refractivity contribution in [3.63, 3.8) is 0 Å². The Morgan fingerprint density at radius 2 is 1.79 bits per heavy atom. The van der Waals surface area contributed by atoms with Crippen LogP contribution in [0.2, 0.25) is 0 Å². The summed E-state index contributed by atoms with van der Waals surface area (Å²) in [6.07, 6.45) is 0.466. The molecule has 0 aliphatic carbocycles. The molecule has 1 atom stereocenters. The van der Waals surface area contributed by atoms with Gasteiger partial charge in [0.2, 0.25) is 0 Å². The number of hydrogen-bond acceptors (Lipinski definition) is 1. The molecule has 0 aromatic heterocycles. The minimum Gasteiger partial charge on any atom is -0.497 e. The molecule has 0 heterocycles. The standard InChI is InChI=1S/C15H13ClF2O/c1-19-12-5-2-10(3-6-12)8-14(16)13-7-4-11(17)9-15(13)18/h2-7,9,14H,8H2,1H3. The third-order valence-electron chi connectivity index (χ3n) is 2.87. The summed E-state index contributed by atoms with van der Waals surface area (Å²) in [6, 6.07) is 10.8. The first-order valence-corrected chi connectivity index (χ1v) is 6.25. The Bertz CT molecular complexity index is 555. The molecule has 2 aromatic rings. The fourth-order valence-corrected chi connectivity index (χ4v) is 2.19. The van der Waals surface area contributed by atoms with Crippen molar-refractivity contribution < 1.29 is 13.5 Å². The second-order valence-corrected chi connectivity index (χ2v) is 4.71. The zero-order chi connectivity index (χ0) is 13.8. The number of methoxy groups -OCH3 is 1. The summed E-state index contributed by atoms with van der Waals surface area (Å²) in [6.45, 7) is 0. The normalized spacial score (nSPS) is 12.2. The van der Waals surface area contributed by atoms with Gasteiger partial charge >= 0.3 is 0 Å². The molecule has 0 bridgehead atoms. The van der Waals surface area contributed by atoms with Crippen molar-refractivity contribution in [2.75, 3.05) is 7.11 Å². The quantitative estimate of drug-likeness (QED) is 0.751. The fourth-order valence-electron chi connectivity index (χ4n) is 1.83. The average Bonchev–Trinajstić information content (AvgIpc) is 2.39. The highest BCUT2D eigenvalue weighted by atomic mass is 35.5. The smallest absolute Gasteiger partial charge is 0.130 e. The van der Waals surface area contributed by atoms with Crippen LogP contribution in [0.15, 0.2) is 42.5 Å². The maximum absolute atomic E-state index is 13.6. The highest BCUT2D eigenvalue weighted by Crippen LogP contribution is 2.28. The van der Waals surface area contributed by atoms with Crippen molar-refractivity contribution in [2.24, 2.45) is 0 Å². The van der Waals surface area contributed by atoms with Crippen LogP contribution in [0.1, 0.15) is 16.5 Å². The predicted molar refractivity (Wildman–Crippen MR) is 71.7 cm³/mol. The minimum atomic E-state index is -0.617. The Balaban J connectivity index is 2.13. The van der Waals surface area contributed by atoms with Gasteiger partial charge in [0.1, 0.15) is 17.4 Å². The summed E-state index contributed by atoms with van der Waals surface area (Å²) in [5, 5.41) is -0.533. The molecule has 100 valence electrons. The van der Waals surface area contributed by atoms with Crippen LogP contribution in [0.25, 0.3) is 0 Å². The first kappa shape index (κ1) is 13.8. The second-order valence-electron chi connectivity index (χ2n) is 4.19. The predicted octanol–water partition coefficient (Wildman–Crippen LogP) is 4.50. The van der Waals surface area contributed by atoms with E-state index in [0.29, 0.717) is 12.0 Å². The first-order valence-electron chi connectivity index (χ1n) is 5.82. The van der Waals surface area contributed by atoms with Gasteiger partial charge < -0.3 is 4.74 Å². The largest absolute Gasteiger partial charge is 0.497 e.